The number of carbonyl (C=O) groups excluding carboxylic acids is 1. The van der Waals surface area contributed by atoms with Crippen LogP contribution in [0, 0.1) is 16.0 Å². The van der Waals surface area contributed by atoms with Crippen molar-refractivity contribution in [2.75, 3.05) is 6.61 Å². The summed E-state index contributed by atoms with van der Waals surface area (Å²) in [4.78, 5) is 23.8. The lowest BCUT2D eigenvalue weighted by atomic mass is 9.80. The van der Waals surface area contributed by atoms with Crippen LogP contribution in [0.25, 0.3) is 5.57 Å². The van der Waals surface area contributed by atoms with Crippen LogP contribution in [-0.2, 0) is 9.53 Å². The van der Waals surface area contributed by atoms with Crippen LogP contribution in [0.2, 0.25) is 0 Å². The second-order valence-electron chi connectivity index (χ2n) is 7.22. The maximum absolute atomic E-state index is 13.0. The summed E-state index contributed by atoms with van der Waals surface area (Å²) < 4.78 is 10.9. The normalized spacial score (nSPS) is 16.8. The fraction of sp³-hybridized carbons (Fsp3) is 0.350. The Balaban J connectivity index is 2.16. The summed E-state index contributed by atoms with van der Waals surface area (Å²) in [5, 5.41) is 22.2. The number of hydrogen-bond acceptors (Lipinski definition) is 8. The summed E-state index contributed by atoms with van der Waals surface area (Å²) in [6.45, 7) is 7.74. The standard InChI is InChI=1S/C20H22N4O5/c1-11(2)9-28-20(25)17-13(4)22-12(3)16(19-23-21-10-29-19)18(17)14-6-5-7-15(8-14)24(26)27/h5-8,10-11,18,22H,9H2,1-4H3. The van der Waals surface area contributed by atoms with Crippen LogP contribution in [0.5, 0.6) is 0 Å². The summed E-state index contributed by atoms with van der Waals surface area (Å²) in [6, 6.07) is 6.17. The van der Waals surface area contributed by atoms with E-state index in [9.17, 15) is 14.9 Å². The molecular weight excluding hydrogens is 376 g/mol. The molecule has 3 rings (SSSR count). The highest BCUT2D eigenvalue weighted by atomic mass is 16.6. The first kappa shape index (κ1) is 20.2. The van der Waals surface area contributed by atoms with E-state index in [1.165, 1.54) is 18.5 Å². The van der Waals surface area contributed by atoms with E-state index >= 15 is 0 Å². The van der Waals surface area contributed by atoms with Crippen molar-refractivity contribution in [1.82, 2.24) is 15.5 Å². The number of allylic oxidation sites excluding steroid dienone is 3. The lowest BCUT2D eigenvalue weighted by Crippen LogP contribution is -2.29. The molecule has 0 aliphatic carbocycles. The molecule has 1 atom stereocenters. The van der Waals surface area contributed by atoms with Gasteiger partial charge in [-0.15, -0.1) is 10.2 Å². The molecule has 0 amide bonds. The predicted octanol–water partition coefficient (Wildman–Crippen LogP) is 3.57. The number of benzene rings is 1. The summed E-state index contributed by atoms with van der Waals surface area (Å²) in [5.41, 5.74) is 2.73. The van der Waals surface area contributed by atoms with Crippen molar-refractivity contribution in [2.45, 2.75) is 33.6 Å². The van der Waals surface area contributed by atoms with Crippen LogP contribution in [0.1, 0.15) is 45.1 Å². The predicted molar refractivity (Wildman–Crippen MR) is 104 cm³/mol. The first-order chi connectivity index (χ1) is 13.8. The van der Waals surface area contributed by atoms with E-state index in [1.807, 2.05) is 20.8 Å². The van der Waals surface area contributed by atoms with Gasteiger partial charge in [-0.3, -0.25) is 10.1 Å². The van der Waals surface area contributed by atoms with Gasteiger partial charge < -0.3 is 14.5 Å². The van der Waals surface area contributed by atoms with Crippen molar-refractivity contribution in [3.05, 3.63) is 69.2 Å². The summed E-state index contributed by atoms with van der Waals surface area (Å²) in [7, 11) is 0. The fourth-order valence-corrected chi connectivity index (χ4v) is 3.31. The second kappa shape index (κ2) is 8.26. The Labute approximate surface area is 167 Å². The Bertz CT molecular complexity index is 992. The van der Waals surface area contributed by atoms with Gasteiger partial charge in [-0.2, -0.15) is 0 Å². The number of non-ortho nitro benzene ring substituents is 1. The molecule has 2 aromatic rings. The van der Waals surface area contributed by atoms with Crippen LogP contribution < -0.4 is 5.32 Å². The number of nitrogens with zero attached hydrogens (tertiary/aromatic N) is 3. The van der Waals surface area contributed by atoms with Crippen molar-refractivity contribution < 1.29 is 18.9 Å². The number of dihydropyridines is 1. The van der Waals surface area contributed by atoms with Crippen LogP contribution in [0.15, 0.2) is 52.0 Å². The van der Waals surface area contributed by atoms with Gasteiger partial charge >= 0.3 is 5.97 Å². The van der Waals surface area contributed by atoms with Gasteiger partial charge in [-0.05, 0) is 25.3 Å². The van der Waals surface area contributed by atoms with Gasteiger partial charge in [0.2, 0.25) is 12.3 Å². The molecule has 2 heterocycles. The van der Waals surface area contributed by atoms with Crippen LogP contribution >= 0.6 is 0 Å². The molecule has 1 aromatic carbocycles. The molecule has 152 valence electrons. The second-order valence-corrected chi connectivity index (χ2v) is 7.22. The number of nitro groups is 1. The molecular formula is C20H22N4O5. The molecule has 0 bridgehead atoms. The van der Waals surface area contributed by atoms with Crippen LogP contribution in [-0.4, -0.2) is 27.7 Å². The van der Waals surface area contributed by atoms with E-state index in [1.54, 1.807) is 19.1 Å². The van der Waals surface area contributed by atoms with Crippen molar-refractivity contribution >= 4 is 17.2 Å². The quantitative estimate of drug-likeness (QED) is 0.445. The first-order valence-electron chi connectivity index (χ1n) is 9.16. The van der Waals surface area contributed by atoms with Gasteiger partial charge in [-0.25, -0.2) is 4.79 Å². The molecule has 1 N–H and O–H groups in total. The van der Waals surface area contributed by atoms with E-state index in [0.717, 1.165) is 0 Å². The molecule has 1 aliphatic heterocycles. The Morgan fingerprint density at radius 1 is 1.34 bits per heavy atom. The van der Waals surface area contributed by atoms with Gasteiger partial charge in [-0.1, -0.05) is 26.0 Å². The highest BCUT2D eigenvalue weighted by molar-refractivity contribution is 5.97. The molecule has 1 aliphatic rings. The summed E-state index contributed by atoms with van der Waals surface area (Å²) in [5.74, 6) is -0.755. The van der Waals surface area contributed by atoms with Gasteiger partial charge in [0, 0.05) is 29.1 Å². The SMILES string of the molecule is CC1=C(C(=O)OCC(C)C)C(c2cccc([N+](=O)[O-])c2)C(c2nnco2)=C(C)N1. The smallest absolute Gasteiger partial charge is 0.336 e. The number of esters is 1. The Hall–Kier alpha value is -3.49. The number of nitrogens with one attached hydrogen (secondary N) is 1. The Morgan fingerprint density at radius 2 is 2.10 bits per heavy atom. The molecule has 9 nitrogen and oxygen atoms in total. The topological polar surface area (TPSA) is 120 Å². The van der Waals surface area contributed by atoms with Crippen molar-refractivity contribution in [2.24, 2.45) is 5.92 Å². The maximum atomic E-state index is 13.0. The zero-order valence-electron chi connectivity index (χ0n) is 16.6. The molecule has 0 fully saturated rings. The number of hydrogen-bond donors (Lipinski definition) is 1. The Kier molecular flexibility index (Phi) is 5.76. The highest BCUT2D eigenvalue weighted by Gasteiger charge is 2.37. The van der Waals surface area contributed by atoms with E-state index in [4.69, 9.17) is 9.15 Å². The minimum atomic E-state index is -0.656. The molecule has 1 unspecified atom stereocenters. The van der Waals surface area contributed by atoms with E-state index in [-0.39, 0.29) is 24.1 Å². The fourth-order valence-electron chi connectivity index (χ4n) is 3.31. The van der Waals surface area contributed by atoms with E-state index in [0.29, 0.717) is 28.1 Å². The van der Waals surface area contributed by atoms with Crippen LogP contribution in [0.4, 0.5) is 5.69 Å². The van der Waals surface area contributed by atoms with Crippen molar-refractivity contribution in [1.29, 1.82) is 0 Å². The number of rotatable bonds is 6. The summed E-state index contributed by atoms with van der Waals surface area (Å²) >= 11 is 0. The van der Waals surface area contributed by atoms with Crippen molar-refractivity contribution in [3.63, 3.8) is 0 Å². The Morgan fingerprint density at radius 3 is 2.72 bits per heavy atom. The molecule has 0 saturated heterocycles. The lowest BCUT2D eigenvalue weighted by Gasteiger charge is -2.30. The van der Waals surface area contributed by atoms with Gasteiger partial charge in [0.1, 0.15) is 0 Å². The average Bonchev–Trinajstić information content (AvgIpc) is 3.19. The van der Waals surface area contributed by atoms with Gasteiger partial charge in [0.15, 0.2) is 0 Å². The third-order valence-electron chi connectivity index (χ3n) is 4.53. The minimum absolute atomic E-state index is 0.0730. The van der Waals surface area contributed by atoms with Gasteiger partial charge in [0.05, 0.1) is 23.0 Å². The number of aromatic nitrogens is 2. The first-order valence-corrected chi connectivity index (χ1v) is 9.16. The third kappa shape index (κ3) is 4.18. The average molecular weight is 398 g/mol. The highest BCUT2D eigenvalue weighted by Crippen LogP contribution is 2.43. The van der Waals surface area contributed by atoms with Crippen molar-refractivity contribution in [3.8, 4) is 0 Å². The number of carbonyl (C=O) groups is 1. The van der Waals surface area contributed by atoms with E-state index in [2.05, 4.69) is 15.5 Å². The molecule has 0 radical (unpaired) electrons. The summed E-state index contributed by atoms with van der Waals surface area (Å²) in [6.07, 6.45) is 1.20. The maximum Gasteiger partial charge on any atom is 0.336 e. The molecule has 1 aromatic heterocycles. The van der Waals surface area contributed by atoms with E-state index < -0.39 is 16.8 Å². The monoisotopic (exact) mass is 398 g/mol. The largest absolute Gasteiger partial charge is 0.462 e. The zero-order chi connectivity index (χ0) is 21.1. The molecule has 0 saturated carbocycles. The van der Waals surface area contributed by atoms with Gasteiger partial charge in [0.25, 0.3) is 5.69 Å². The zero-order valence-corrected chi connectivity index (χ0v) is 16.6. The molecule has 0 spiro atoms. The number of ether oxygens (including phenoxy) is 1. The molecule has 9 heteroatoms. The van der Waals surface area contributed by atoms with Crippen LogP contribution in [0.3, 0.4) is 0 Å². The number of nitro benzene ring substituents is 1. The lowest BCUT2D eigenvalue weighted by molar-refractivity contribution is -0.384. The minimum Gasteiger partial charge on any atom is -0.462 e. The third-order valence-corrected chi connectivity index (χ3v) is 4.53. The molecule has 29 heavy (non-hydrogen) atoms.